The monoisotopic (exact) mass is 151 g/mol. The van der Waals surface area contributed by atoms with Crippen LogP contribution in [0, 0.1) is 0 Å². The van der Waals surface area contributed by atoms with Crippen molar-refractivity contribution in [2.75, 3.05) is 5.43 Å². The molecule has 0 saturated heterocycles. The number of nitrogen functional groups attached to an aromatic ring is 1. The van der Waals surface area contributed by atoms with Crippen LogP contribution in [0.4, 0.5) is 5.69 Å². The van der Waals surface area contributed by atoms with Crippen molar-refractivity contribution in [3.63, 3.8) is 0 Å². The number of hydrogen-bond donors (Lipinski definition) is 2. The molecule has 0 unspecified atom stereocenters. The van der Waals surface area contributed by atoms with E-state index < -0.39 is 0 Å². The maximum atomic E-state index is 5.24. The first kappa shape index (κ1) is 8.01. The highest BCUT2D eigenvalue weighted by Crippen LogP contribution is 2.14. The van der Waals surface area contributed by atoms with E-state index in [1.165, 1.54) is 0 Å². The van der Waals surface area contributed by atoms with E-state index in [0.717, 1.165) is 11.4 Å². The van der Waals surface area contributed by atoms with Crippen LogP contribution in [0.5, 0.6) is 0 Å². The molecule has 3 heteroatoms. The fourth-order valence-corrected chi connectivity index (χ4v) is 0.854. The summed E-state index contributed by atoms with van der Waals surface area (Å²) in [5, 5.41) is 0. The Balaban J connectivity index is 2.91. The zero-order chi connectivity index (χ0) is 8.27. The van der Waals surface area contributed by atoms with Gasteiger partial charge in [0.05, 0.1) is 5.69 Å². The molecule has 0 fully saturated rings. The molecule has 1 aromatic rings. The highest BCUT2D eigenvalue weighted by molar-refractivity contribution is 5.42. The number of pyridine rings is 1. The van der Waals surface area contributed by atoms with Crippen molar-refractivity contribution in [3.05, 3.63) is 24.0 Å². The van der Waals surface area contributed by atoms with Crippen molar-refractivity contribution in [2.24, 2.45) is 5.84 Å². The Labute approximate surface area is 66.6 Å². The molecule has 0 bridgehead atoms. The van der Waals surface area contributed by atoms with Crippen molar-refractivity contribution in [2.45, 2.75) is 19.8 Å². The summed E-state index contributed by atoms with van der Waals surface area (Å²) in [4.78, 5) is 4.19. The molecule has 0 aliphatic rings. The average Bonchev–Trinajstić information content (AvgIpc) is 2.05. The maximum absolute atomic E-state index is 5.24. The molecule has 1 aromatic heterocycles. The van der Waals surface area contributed by atoms with E-state index in [0.29, 0.717) is 5.92 Å². The van der Waals surface area contributed by atoms with Crippen LogP contribution in [-0.2, 0) is 0 Å². The molecular weight excluding hydrogens is 138 g/mol. The molecule has 0 aliphatic carbocycles. The lowest BCUT2D eigenvalue weighted by atomic mass is 10.1. The molecular formula is C8H13N3. The Bertz CT molecular complexity index is 233. The van der Waals surface area contributed by atoms with Crippen LogP contribution in [-0.4, -0.2) is 4.98 Å². The molecule has 0 saturated carbocycles. The third kappa shape index (κ3) is 1.91. The highest BCUT2D eigenvalue weighted by Gasteiger charge is 1.99. The Hall–Kier alpha value is -1.09. The number of anilines is 1. The van der Waals surface area contributed by atoms with Gasteiger partial charge in [0, 0.05) is 11.9 Å². The summed E-state index contributed by atoms with van der Waals surface area (Å²) in [7, 11) is 0. The zero-order valence-corrected chi connectivity index (χ0v) is 6.83. The summed E-state index contributed by atoms with van der Waals surface area (Å²) in [6, 6.07) is 3.79. The van der Waals surface area contributed by atoms with Gasteiger partial charge < -0.3 is 5.43 Å². The van der Waals surface area contributed by atoms with Gasteiger partial charge in [-0.05, 0) is 18.1 Å². The van der Waals surface area contributed by atoms with E-state index in [1.54, 1.807) is 6.20 Å². The number of aromatic nitrogens is 1. The molecule has 0 atom stereocenters. The van der Waals surface area contributed by atoms with Gasteiger partial charge in [-0.3, -0.25) is 10.8 Å². The average molecular weight is 151 g/mol. The van der Waals surface area contributed by atoms with Gasteiger partial charge in [-0.15, -0.1) is 0 Å². The fourth-order valence-electron chi connectivity index (χ4n) is 0.854. The third-order valence-electron chi connectivity index (χ3n) is 1.54. The van der Waals surface area contributed by atoms with Crippen molar-refractivity contribution >= 4 is 5.69 Å². The normalized spacial score (nSPS) is 10.2. The van der Waals surface area contributed by atoms with Crippen molar-refractivity contribution in [1.29, 1.82) is 0 Å². The van der Waals surface area contributed by atoms with Crippen LogP contribution in [0.3, 0.4) is 0 Å². The summed E-state index contributed by atoms with van der Waals surface area (Å²) in [6.45, 7) is 4.20. The van der Waals surface area contributed by atoms with Crippen LogP contribution in [0.1, 0.15) is 25.5 Å². The number of nitrogens with one attached hydrogen (secondary N) is 1. The smallest absolute Gasteiger partial charge is 0.0518 e. The SMILES string of the molecule is CC(C)c1cc(NN)ccn1. The van der Waals surface area contributed by atoms with Crippen molar-refractivity contribution < 1.29 is 0 Å². The predicted octanol–water partition coefficient (Wildman–Crippen LogP) is 1.49. The minimum Gasteiger partial charge on any atom is -0.324 e. The van der Waals surface area contributed by atoms with Gasteiger partial charge in [-0.2, -0.15) is 0 Å². The first-order chi connectivity index (χ1) is 5.24. The van der Waals surface area contributed by atoms with Gasteiger partial charge >= 0.3 is 0 Å². The van der Waals surface area contributed by atoms with E-state index in [1.807, 2.05) is 12.1 Å². The molecule has 0 amide bonds. The van der Waals surface area contributed by atoms with E-state index in [4.69, 9.17) is 5.84 Å². The predicted molar refractivity (Wildman–Crippen MR) is 46.1 cm³/mol. The summed E-state index contributed by atoms with van der Waals surface area (Å²) in [6.07, 6.45) is 1.75. The van der Waals surface area contributed by atoms with Gasteiger partial charge in [0.25, 0.3) is 0 Å². The van der Waals surface area contributed by atoms with Crippen molar-refractivity contribution in [1.82, 2.24) is 4.98 Å². The van der Waals surface area contributed by atoms with Crippen LogP contribution >= 0.6 is 0 Å². The quantitative estimate of drug-likeness (QED) is 0.497. The van der Waals surface area contributed by atoms with Crippen LogP contribution in [0.2, 0.25) is 0 Å². The molecule has 0 radical (unpaired) electrons. The van der Waals surface area contributed by atoms with Gasteiger partial charge in [0.1, 0.15) is 0 Å². The lowest BCUT2D eigenvalue weighted by Gasteiger charge is -2.05. The molecule has 3 nitrogen and oxygen atoms in total. The van der Waals surface area contributed by atoms with E-state index in [-0.39, 0.29) is 0 Å². The minimum atomic E-state index is 0.447. The number of nitrogens with zero attached hydrogens (tertiary/aromatic N) is 1. The first-order valence-electron chi connectivity index (χ1n) is 3.66. The lowest BCUT2D eigenvalue weighted by Crippen LogP contribution is -2.07. The number of nitrogens with two attached hydrogens (primary N) is 1. The summed E-state index contributed by atoms with van der Waals surface area (Å²) >= 11 is 0. The van der Waals surface area contributed by atoms with Gasteiger partial charge in [-0.1, -0.05) is 13.8 Å². The second-order valence-corrected chi connectivity index (χ2v) is 2.77. The van der Waals surface area contributed by atoms with E-state index in [2.05, 4.69) is 24.3 Å². The van der Waals surface area contributed by atoms with E-state index in [9.17, 15) is 0 Å². The van der Waals surface area contributed by atoms with Crippen molar-refractivity contribution in [3.8, 4) is 0 Å². The molecule has 0 spiro atoms. The van der Waals surface area contributed by atoms with E-state index >= 15 is 0 Å². The molecule has 0 aromatic carbocycles. The minimum absolute atomic E-state index is 0.447. The zero-order valence-electron chi connectivity index (χ0n) is 6.83. The third-order valence-corrected chi connectivity index (χ3v) is 1.54. The summed E-state index contributed by atoms with van der Waals surface area (Å²) in [5.74, 6) is 5.69. The molecule has 3 N–H and O–H groups in total. The second-order valence-electron chi connectivity index (χ2n) is 2.77. The molecule has 11 heavy (non-hydrogen) atoms. The Morgan fingerprint density at radius 1 is 1.55 bits per heavy atom. The highest BCUT2D eigenvalue weighted by atomic mass is 15.2. The number of hydrazine groups is 1. The largest absolute Gasteiger partial charge is 0.324 e. The molecule has 0 aliphatic heterocycles. The standard InChI is InChI=1S/C8H13N3/c1-6(2)8-5-7(11-9)3-4-10-8/h3-6H,9H2,1-2H3,(H,10,11). The van der Waals surface area contributed by atoms with Gasteiger partial charge in [0.2, 0.25) is 0 Å². The number of rotatable bonds is 2. The molecule has 60 valence electrons. The Kier molecular flexibility index (Phi) is 2.44. The fraction of sp³-hybridized carbons (Fsp3) is 0.375. The Morgan fingerprint density at radius 3 is 2.82 bits per heavy atom. The van der Waals surface area contributed by atoms with Crippen LogP contribution in [0.15, 0.2) is 18.3 Å². The first-order valence-corrected chi connectivity index (χ1v) is 3.66. The van der Waals surface area contributed by atoms with Gasteiger partial charge in [0.15, 0.2) is 0 Å². The van der Waals surface area contributed by atoms with Crippen LogP contribution in [0.25, 0.3) is 0 Å². The Morgan fingerprint density at radius 2 is 2.27 bits per heavy atom. The van der Waals surface area contributed by atoms with Crippen LogP contribution < -0.4 is 11.3 Å². The van der Waals surface area contributed by atoms with Gasteiger partial charge in [-0.25, -0.2) is 0 Å². The lowest BCUT2D eigenvalue weighted by molar-refractivity contribution is 0.823. The summed E-state index contributed by atoms with van der Waals surface area (Å²) < 4.78 is 0. The molecule has 1 rings (SSSR count). The molecule has 1 heterocycles. The maximum Gasteiger partial charge on any atom is 0.0518 e. The second kappa shape index (κ2) is 3.34. The number of hydrogen-bond acceptors (Lipinski definition) is 3. The summed E-state index contributed by atoms with van der Waals surface area (Å²) in [5.41, 5.74) is 4.54. The topological polar surface area (TPSA) is 50.9 Å².